The molecule has 0 fully saturated rings. The van der Waals surface area contributed by atoms with E-state index in [1.807, 2.05) is 11.6 Å². The summed E-state index contributed by atoms with van der Waals surface area (Å²) < 4.78 is 30.7. The third-order valence-corrected chi connectivity index (χ3v) is 4.55. The van der Waals surface area contributed by atoms with Crippen molar-refractivity contribution >= 4 is 16.0 Å². The molecule has 0 aliphatic rings. The smallest absolute Gasteiger partial charge is 0.324 e. The van der Waals surface area contributed by atoms with Crippen LogP contribution in [0.5, 0.6) is 5.75 Å². The molecule has 0 saturated carbocycles. The van der Waals surface area contributed by atoms with E-state index in [9.17, 15) is 23.4 Å². The Morgan fingerprint density at radius 3 is 2.36 bits per heavy atom. The van der Waals surface area contributed by atoms with Crippen LogP contribution in [-0.4, -0.2) is 43.5 Å². The summed E-state index contributed by atoms with van der Waals surface area (Å²) in [6.07, 6.45) is -0.417. The average molecular weight is 331 g/mol. The van der Waals surface area contributed by atoms with Crippen molar-refractivity contribution < 1.29 is 28.2 Å². The lowest BCUT2D eigenvalue weighted by atomic mass is 10.0. The highest BCUT2D eigenvalue weighted by molar-refractivity contribution is 7.89. The molecule has 1 aromatic rings. The van der Waals surface area contributed by atoms with Gasteiger partial charge in [-0.05, 0) is 24.1 Å². The van der Waals surface area contributed by atoms with Gasteiger partial charge in [0, 0.05) is 0 Å². The molecule has 2 unspecified atom stereocenters. The Bertz CT molecular complexity index is 584. The van der Waals surface area contributed by atoms with Crippen molar-refractivity contribution in [1.82, 2.24) is 4.72 Å². The van der Waals surface area contributed by atoms with E-state index in [1.165, 1.54) is 19.2 Å². The normalized spacial score (nSPS) is 14.3. The molecule has 1 aromatic carbocycles. The molecule has 1 rings (SSSR count). The van der Waals surface area contributed by atoms with Crippen LogP contribution in [0.15, 0.2) is 24.3 Å². The van der Waals surface area contributed by atoms with Crippen molar-refractivity contribution in [3.05, 3.63) is 29.8 Å². The predicted octanol–water partition coefficient (Wildman–Crippen LogP) is 0.901. The van der Waals surface area contributed by atoms with Gasteiger partial charge in [-0.1, -0.05) is 25.5 Å². The molecule has 2 atom stereocenters. The van der Waals surface area contributed by atoms with Crippen LogP contribution in [0.4, 0.5) is 0 Å². The number of nitrogens with one attached hydrogen (secondary N) is 1. The average Bonchev–Trinajstić information content (AvgIpc) is 2.50. The molecule has 0 aliphatic heterocycles. The van der Waals surface area contributed by atoms with E-state index >= 15 is 0 Å². The molecule has 22 heavy (non-hydrogen) atoms. The van der Waals surface area contributed by atoms with Crippen LogP contribution >= 0.6 is 0 Å². The molecule has 0 saturated heterocycles. The van der Waals surface area contributed by atoms with Gasteiger partial charge in [0.25, 0.3) is 0 Å². The lowest BCUT2D eigenvalue weighted by Crippen LogP contribution is -2.45. The summed E-state index contributed by atoms with van der Waals surface area (Å²) in [6, 6.07) is 4.45. The summed E-state index contributed by atoms with van der Waals surface area (Å²) in [5, 5.41) is 19.3. The van der Waals surface area contributed by atoms with Crippen LogP contribution in [0.2, 0.25) is 0 Å². The molecule has 0 bridgehead atoms. The SMILES string of the molecule is CCCCS(=O)(=O)NC(C(=O)O)C(O)c1ccc(OC)cc1. The zero-order valence-corrected chi connectivity index (χ0v) is 13.3. The number of aliphatic hydroxyl groups is 1. The number of benzene rings is 1. The van der Waals surface area contributed by atoms with Gasteiger partial charge in [-0.2, -0.15) is 4.72 Å². The van der Waals surface area contributed by atoms with E-state index in [1.54, 1.807) is 12.1 Å². The van der Waals surface area contributed by atoms with E-state index < -0.39 is 28.1 Å². The molecule has 0 aromatic heterocycles. The molecule has 3 N–H and O–H groups in total. The monoisotopic (exact) mass is 331 g/mol. The maximum Gasteiger partial charge on any atom is 0.324 e. The minimum absolute atomic E-state index is 0.178. The molecule has 0 aliphatic carbocycles. The second-order valence-corrected chi connectivity index (χ2v) is 6.70. The number of methoxy groups -OCH3 is 1. The summed E-state index contributed by atoms with van der Waals surface area (Å²) >= 11 is 0. The number of aliphatic carboxylic acids is 1. The highest BCUT2D eigenvalue weighted by Gasteiger charge is 2.31. The highest BCUT2D eigenvalue weighted by Crippen LogP contribution is 2.21. The topological polar surface area (TPSA) is 113 Å². The van der Waals surface area contributed by atoms with E-state index in [2.05, 4.69) is 0 Å². The van der Waals surface area contributed by atoms with E-state index in [0.29, 0.717) is 18.6 Å². The lowest BCUT2D eigenvalue weighted by molar-refractivity contribution is -0.141. The first-order chi connectivity index (χ1) is 10.3. The molecule has 0 amide bonds. The van der Waals surface area contributed by atoms with Crippen molar-refractivity contribution in [2.45, 2.75) is 31.9 Å². The molecule has 8 heteroatoms. The van der Waals surface area contributed by atoms with Crippen LogP contribution in [0.1, 0.15) is 31.4 Å². The Morgan fingerprint density at radius 2 is 1.91 bits per heavy atom. The first-order valence-electron chi connectivity index (χ1n) is 6.85. The van der Waals surface area contributed by atoms with Gasteiger partial charge in [0.15, 0.2) is 0 Å². The number of hydrogen-bond acceptors (Lipinski definition) is 5. The number of rotatable bonds is 9. The highest BCUT2D eigenvalue weighted by atomic mass is 32.2. The Labute approximate surface area is 130 Å². The minimum atomic E-state index is -3.77. The molecular formula is C14H21NO6S. The molecule has 0 heterocycles. The first kappa shape index (κ1) is 18.4. The standard InChI is InChI=1S/C14H21NO6S/c1-3-4-9-22(19,20)15-12(14(17)18)13(16)10-5-7-11(21-2)8-6-10/h5-8,12-13,15-16H,3-4,9H2,1-2H3,(H,17,18). The summed E-state index contributed by atoms with van der Waals surface area (Å²) in [5.74, 6) is -1.07. The second-order valence-electron chi connectivity index (χ2n) is 4.82. The van der Waals surface area contributed by atoms with Crippen molar-refractivity contribution in [2.24, 2.45) is 0 Å². The quantitative estimate of drug-likeness (QED) is 0.620. The fourth-order valence-electron chi connectivity index (χ4n) is 1.83. The van der Waals surface area contributed by atoms with E-state index in [-0.39, 0.29) is 11.3 Å². The van der Waals surface area contributed by atoms with Crippen LogP contribution in [-0.2, 0) is 14.8 Å². The maximum absolute atomic E-state index is 11.8. The zero-order valence-electron chi connectivity index (χ0n) is 12.5. The van der Waals surface area contributed by atoms with Crippen molar-refractivity contribution in [3.63, 3.8) is 0 Å². The number of carbonyl (C=O) groups is 1. The van der Waals surface area contributed by atoms with Crippen molar-refractivity contribution in [1.29, 1.82) is 0 Å². The van der Waals surface area contributed by atoms with Crippen LogP contribution in [0.3, 0.4) is 0 Å². The Hall–Kier alpha value is -1.64. The van der Waals surface area contributed by atoms with Gasteiger partial charge >= 0.3 is 5.97 Å². The second kappa shape index (κ2) is 8.11. The molecule has 0 spiro atoms. The summed E-state index contributed by atoms with van der Waals surface area (Å²) in [7, 11) is -2.29. The molecule has 124 valence electrons. The number of aliphatic hydroxyl groups excluding tert-OH is 1. The number of hydrogen-bond donors (Lipinski definition) is 3. The largest absolute Gasteiger partial charge is 0.497 e. The summed E-state index contributed by atoms with van der Waals surface area (Å²) in [5.41, 5.74) is 0.284. The first-order valence-corrected chi connectivity index (χ1v) is 8.50. The van der Waals surface area contributed by atoms with Gasteiger partial charge in [-0.25, -0.2) is 8.42 Å². The van der Waals surface area contributed by atoms with E-state index in [4.69, 9.17) is 4.74 Å². The van der Waals surface area contributed by atoms with Crippen molar-refractivity contribution in [3.8, 4) is 5.75 Å². The fourth-order valence-corrected chi connectivity index (χ4v) is 3.23. The predicted molar refractivity (Wildman–Crippen MR) is 81.2 cm³/mol. The summed E-state index contributed by atoms with van der Waals surface area (Å²) in [6.45, 7) is 1.83. The third-order valence-electron chi connectivity index (χ3n) is 3.11. The third kappa shape index (κ3) is 5.28. The Balaban J connectivity index is 2.91. The molecule has 0 radical (unpaired) electrons. The zero-order chi connectivity index (χ0) is 16.8. The van der Waals surface area contributed by atoms with Gasteiger partial charge in [-0.3, -0.25) is 4.79 Å². The maximum atomic E-state index is 11.8. The number of sulfonamides is 1. The van der Waals surface area contributed by atoms with Gasteiger partial charge < -0.3 is 14.9 Å². The number of carboxylic acid groups (broad SMARTS) is 1. The fraction of sp³-hybridized carbons (Fsp3) is 0.500. The number of ether oxygens (including phenoxy) is 1. The van der Waals surface area contributed by atoms with Crippen molar-refractivity contribution in [2.75, 3.05) is 12.9 Å². The number of unbranched alkanes of at least 4 members (excludes halogenated alkanes) is 1. The van der Waals surface area contributed by atoms with Gasteiger partial charge in [0.2, 0.25) is 10.0 Å². The lowest BCUT2D eigenvalue weighted by Gasteiger charge is -2.21. The molecule has 7 nitrogen and oxygen atoms in total. The Kier molecular flexibility index (Phi) is 6.79. The van der Waals surface area contributed by atoms with Gasteiger partial charge in [-0.15, -0.1) is 0 Å². The summed E-state index contributed by atoms with van der Waals surface area (Å²) in [4.78, 5) is 11.3. The molecular weight excluding hydrogens is 310 g/mol. The minimum Gasteiger partial charge on any atom is -0.497 e. The van der Waals surface area contributed by atoms with E-state index in [0.717, 1.165) is 0 Å². The van der Waals surface area contributed by atoms with Crippen LogP contribution in [0.25, 0.3) is 0 Å². The van der Waals surface area contributed by atoms with Crippen LogP contribution < -0.4 is 9.46 Å². The van der Waals surface area contributed by atoms with Gasteiger partial charge in [0.1, 0.15) is 17.9 Å². The number of carboxylic acids is 1. The van der Waals surface area contributed by atoms with Crippen LogP contribution in [0, 0.1) is 0 Å². The Morgan fingerprint density at radius 1 is 1.32 bits per heavy atom. The van der Waals surface area contributed by atoms with Gasteiger partial charge in [0.05, 0.1) is 12.9 Å².